The van der Waals surface area contributed by atoms with Crippen molar-refractivity contribution < 1.29 is 63.7 Å². The van der Waals surface area contributed by atoms with E-state index in [-0.39, 0.29) is 39.8 Å². The zero-order valence-corrected chi connectivity index (χ0v) is 36.1. The lowest BCUT2D eigenvalue weighted by Gasteiger charge is -2.38. The molecule has 0 radical (unpaired) electrons. The number of anilines is 1. The number of phenolic OH excluding ortho intramolecular Hbond substituents is 3. The van der Waals surface area contributed by atoms with Gasteiger partial charge in [0.1, 0.15) is 23.4 Å². The van der Waals surface area contributed by atoms with Crippen LogP contribution in [0, 0.1) is 30.6 Å². The van der Waals surface area contributed by atoms with Crippen molar-refractivity contribution in [3.63, 3.8) is 0 Å². The third kappa shape index (κ3) is 9.47. The van der Waals surface area contributed by atoms with E-state index in [0.29, 0.717) is 5.56 Å². The summed E-state index contributed by atoms with van der Waals surface area (Å²) < 4.78 is 23.5. The topological polar surface area (TPSA) is 243 Å². The number of aromatic hydroxyl groups is 3. The molecule has 0 aliphatic carbocycles. The van der Waals surface area contributed by atoms with Gasteiger partial charge < -0.3 is 49.8 Å². The van der Waals surface area contributed by atoms with Crippen LogP contribution in [0.5, 0.6) is 23.0 Å². The van der Waals surface area contributed by atoms with Crippen LogP contribution < -0.4 is 15.5 Å². The number of methoxy groups -OCH3 is 1. The molecular weight excluding hydrogens is 803 g/mol. The number of ketones is 1. The number of rotatable bonds is 6. The second-order valence-corrected chi connectivity index (χ2v) is 16.1. The molecule has 0 aromatic heterocycles. The predicted octanol–water partition coefficient (Wildman–Crippen LogP) is 5.45. The van der Waals surface area contributed by atoms with Crippen LogP contribution in [-0.4, -0.2) is 92.6 Å². The second kappa shape index (κ2) is 19.2. The summed E-state index contributed by atoms with van der Waals surface area (Å²) in [5.74, 6) is -9.65. The number of hydrogen-bond acceptors (Lipinski definition) is 14. The average Bonchev–Trinajstić information content (AvgIpc) is 3.50. The number of aliphatic hydroxyl groups is 2. The van der Waals surface area contributed by atoms with E-state index >= 15 is 0 Å². The smallest absolute Gasteiger partial charge is 0.312 e. The van der Waals surface area contributed by atoms with Gasteiger partial charge in [-0.3, -0.25) is 19.2 Å². The van der Waals surface area contributed by atoms with Crippen LogP contribution in [0.2, 0.25) is 0 Å². The molecule has 62 heavy (non-hydrogen) atoms. The molecule has 16 nitrogen and oxygen atoms in total. The molecule has 2 amide bonds. The van der Waals surface area contributed by atoms with Crippen molar-refractivity contribution in [2.75, 3.05) is 12.4 Å². The highest BCUT2D eigenvalue weighted by molar-refractivity contribution is 6.24. The van der Waals surface area contributed by atoms with Crippen LogP contribution in [0.3, 0.4) is 0 Å². The van der Waals surface area contributed by atoms with E-state index in [1.807, 2.05) is 0 Å². The number of Topliss-reactive ketones (excluding diaryl/α,β-unsaturated/α-hetero) is 1. The number of fused-ring (bicyclic) bond motifs is 14. The molecule has 3 aromatic carbocycles. The Morgan fingerprint density at radius 3 is 2.26 bits per heavy atom. The summed E-state index contributed by atoms with van der Waals surface area (Å²) in [5.41, 5.74) is 2.13. The fourth-order valence-electron chi connectivity index (χ4n) is 7.86. The van der Waals surface area contributed by atoms with Gasteiger partial charge in [0.05, 0.1) is 59.4 Å². The predicted molar refractivity (Wildman–Crippen MR) is 230 cm³/mol. The van der Waals surface area contributed by atoms with Gasteiger partial charge in [-0.2, -0.15) is 5.10 Å². The Morgan fingerprint density at radius 2 is 1.61 bits per heavy atom. The van der Waals surface area contributed by atoms with Crippen molar-refractivity contribution in [1.29, 1.82) is 0 Å². The Kier molecular flexibility index (Phi) is 14.5. The number of hydrazone groups is 1. The largest absolute Gasteiger partial charge is 0.507 e. The van der Waals surface area contributed by atoms with E-state index in [1.165, 1.54) is 53.0 Å². The molecule has 7 N–H and O–H groups in total. The summed E-state index contributed by atoms with van der Waals surface area (Å²) >= 11 is 0. The number of carbonyl (C=O) groups excluding carboxylic acids is 4. The molecule has 5 bridgehead atoms. The van der Waals surface area contributed by atoms with Gasteiger partial charge >= 0.3 is 11.8 Å². The maximum Gasteiger partial charge on any atom is 0.312 e. The zero-order valence-electron chi connectivity index (χ0n) is 36.1. The van der Waals surface area contributed by atoms with Crippen LogP contribution in [-0.2, 0) is 35.0 Å². The van der Waals surface area contributed by atoms with Gasteiger partial charge in [0.2, 0.25) is 5.91 Å². The fraction of sp³-hybridized carbons (Fsp3) is 0.413. The van der Waals surface area contributed by atoms with E-state index in [9.17, 15) is 44.7 Å². The number of aliphatic hydroxyl groups excluding tert-OH is 2. The zero-order chi connectivity index (χ0) is 45.8. The van der Waals surface area contributed by atoms with Gasteiger partial charge in [0.15, 0.2) is 5.75 Å². The van der Waals surface area contributed by atoms with E-state index in [2.05, 4.69) is 15.8 Å². The number of amides is 2. The van der Waals surface area contributed by atoms with E-state index in [1.54, 1.807) is 64.1 Å². The van der Waals surface area contributed by atoms with Gasteiger partial charge in [0.25, 0.3) is 11.7 Å². The number of nitrogens with zero attached hydrogens (tertiary/aromatic N) is 1. The molecule has 0 fully saturated rings. The lowest BCUT2D eigenvalue weighted by Crippen LogP contribution is -2.46. The molecule has 9 unspecified atom stereocenters. The molecule has 0 saturated carbocycles. The minimum atomic E-state index is -2.11. The van der Waals surface area contributed by atoms with Gasteiger partial charge in [-0.15, -0.1) is 0 Å². The molecule has 332 valence electrons. The Morgan fingerprint density at radius 1 is 0.935 bits per heavy atom. The third-order valence-corrected chi connectivity index (χ3v) is 11.6. The highest BCUT2D eigenvalue weighted by Crippen LogP contribution is 2.55. The summed E-state index contributed by atoms with van der Waals surface area (Å²) in [6, 6.07) is 8.84. The van der Waals surface area contributed by atoms with Crippen molar-refractivity contribution in [3.8, 4) is 23.0 Å². The first-order valence-electron chi connectivity index (χ1n) is 20.2. The van der Waals surface area contributed by atoms with Gasteiger partial charge in [0, 0.05) is 61.2 Å². The van der Waals surface area contributed by atoms with Gasteiger partial charge in [-0.1, -0.05) is 76.3 Å². The van der Waals surface area contributed by atoms with Crippen LogP contribution in [0.1, 0.15) is 75.5 Å². The second-order valence-electron chi connectivity index (χ2n) is 16.1. The third-order valence-electron chi connectivity index (χ3n) is 11.6. The van der Waals surface area contributed by atoms with Crippen LogP contribution in [0.15, 0.2) is 71.6 Å². The fourth-order valence-corrected chi connectivity index (χ4v) is 7.86. The summed E-state index contributed by atoms with van der Waals surface area (Å²) in [7, 11) is 1.41. The molecule has 6 rings (SSSR count). The number of benzene rings is 3. The maximum atomic E-state index is 14.4. The van der Waals surface area contributed by atoms with E-state index < -0.39 is 106 Å². The maximum absolute atomic E-state index is 14.4. The molecule has 3 aliphatic rings. The van der Waals surface area contributed by atoms with Crippen molar-refractivity contribution in [2.24, 2.45) is 28.8 Å². The number of phenols is 3. The summed E-state index contributed by atoms with van der Waals surface area (Å²) in [6.07, 6.45) is 4.17. The highest BCUT2D eigenvalue weighted by atomic mass is 16.7. The Hall–Kier alpha value is -6.23. The summed E-state index contributed by atoms with van der Waals surface area (Å²) in [4.78, 5) is 53.3. The summed E-state index contributed by atoms with van der Waals surface area (Å²) in [6.45, 7) is 12.3. The van der Waals surface area contributed by atoms with Crippen molar-refractivity contribution in [2.45, 2.75) is 92.0 Å². The number of allylic oxidation sites excluding steroid dienone is 2. The Balaban J connectivity index is 1.68. The SMILES string of the molecule is COC1/C=C/OC2(C)Oc3c(C)c(O)c4c(O)c(c(/C=N/NC(=O)Cc5ccccc5)c(O)c4c3C2=O)NC(=O)/C(C)=C/C=C/C(C)C(O)C(C)C(O)C(C)C(OC(C)=O)C1C. The summed E-state index contributed by atoms with van der Waals surface area (Å²) in [5, 5.41) is 64.1. The van der Waals surface area contributed by atoms with Crippen LogP contribution >= 0.6 is 0 Å². The molecule has 3 aromatic rings. The minimum absolute atomic E-state index is 0.00356. The quantitative estimate of drug-likeness (QED) is 0.0537. The first kappa shape index (κ1) is 46.8. The molecular formula is C46H55N3O13. The first-order valence-corrected chi connectivity index (χ1v) is 20.2. The van der Waals surface area contributed by atoms with Crippen LogP contribution in [0.25, 0.3) is 10.8 Å². The van der Waals surface area contributed by atoms with Crippen molar-refractivity contribution in [1.82, 2.24) is 5.43 Å². The van der Waals surface area contributed by atoms with Crippen LogP contribution in [0.4, 0.5) is 5.69 Å². The molecule has 16 heteroatoms. The number of carbonyl (C=O) groups is 4. The first-order chi connectivity index (χ1) is 29.2. The standard InChI is InChI=1S/C46H55N3O13/c1-22-14-13-15-23(2)45(58)48-36-30(21-47-49-32(51)20-29-16-11-10-12-17-29)40(55)33-34(41(36)56)39(54)27(6)43-35(33)44(57)46(8,62-43)60-19-18-31(59-9)24(3)42(61-28(7)50)26(5)38(53)25(4)37(22)52/h10-19,21-22,24-26,31,37-38,42,52-56H,20H2,1-9H3,(H,48,58)(H,49,51)/b14-13+,19-18+,23-15+,47-21+. The molecule has 0 spiro atoms. The number of nitrogens with one attached hydrogen (secondary N) is 2. The molecule has 0 saturated heterocycles. The Bertz CT molecular complexity index is 2340. The average molecular weight is 858 g/mol. The minimum Gasteiger partial charge on any atom is -0.507 e. The molecule has 3 heterocycles. The molecule has 3 aliphatic heterocycles. The van der Waals surface area contributed by atoms with Crippen molar-refractivity contribution in [3.05, 3.63) is 88.7 Å². The molecule has 9 atom stereocenters. The lowest BCUT2D eigenvalue weighted by molar-refractivity contribution is -0.160. The van der Waals surface area contributed by atoms with Gasteiger partial charge in [-0.05, 0) is 25.5 Å². The van der Waals surface area contributed by atoms with Gasteiger partial charge in [-0.25, -0.2) is 5.43 Å². The van der Waals surface area contributed by atoms with E-state index in [0.717, 1.165) is 12.5 Å². The number of ether oxygens (including phenoxy) is 4. The Labute approximate surface area is 359 Å². The lowest BCUT2D eigenvalue weighted by atomic mass is 9.78. The van der Waals surface area contributed by atoms with E-state index in [4.69, 9.17) is 18.9 Å². The number of hydrogen-bond donors (Lipinski definition) is 7. The highest BCUT2D eigenvalue weighted by Gasteiger charge is 2.50. The van der Waals surface area contributed by atoms with Crippen molar-refractivity contribution >= 4 is 46.2 Å². The number of esters is 1. The normalized spacial score (nSPS) is 29.0. The monoisotopic (exact) mass is 857 g/mol.